The third kappa shape index (κ3) is 5.85. The Morgan fingerprint density at radius 3 is 2.48 bits per heavy atom. The van der Waals surface area contributed by atoms with Crippen LogP contribution in [-0.4, -0.2) is 37.9 Å². The van der Waals surface area contributed by atoms with E-state index in [1.165, 1.54) is 22.7 Å². The number of benzene rings is 2. The molecule has 1 heterocycles. The van der Waals surface area contributed by atoms with Gasteiger partial charge >= 0.3 is 0 Å². The van der Waals surface area contributed by atoms with Crippen molar-refractivity contribution < 1.29 is 13.2 Å². The van der Waals surface area contributed by atoms with Gasteiger partial charge in [0.25, 0.3) is 5.91 Å². The van der Waals surface area contributed by atoms with E-state index < -0.39 is 15.9 Å². The van der Waals surface area contributed by atoms with Crippen LogP contribution in [-0.2, 0) is 10.0 Å². The second-order valence-corrected chi connectivity index (χ2v) is 9.49. The Bertz CT molecular complexity index is 1010. The van der Waals surface area contributed by atoms with Gasteiger partial charge in [-0.05, 0) is 58.6 Å². The summed E-state index contributed by atoms with van der Waals surface area (Å²) in [5, 5.41) is 3.93. The van der Waals surface area contributed by atoms with Gasteiger partial charge in [0.05, 0.1) is 11.1 Å². The summed E-state index contributed by atoms with van der Waals surface area (Å²) in [5.41, 5.74) is 3.66. The van der Waals surface area contributed by atoms with E-state index in [0.29, 0.717) is 17.6 Å². The van der Waals surface area contributed by atoms with Crippen molar-refractivity contribution in [2.24, 2.45) is 5.10 Å². The van der Waals surface area contributed by atoms with Crippen molar-refractivity contribution in [3.8, 4) is 0 Å². The van der Waals surface area contributed by atoms with Crippen LogP contribution in [0.2, 0.25) is 0 Å². The molecule has 0 spiro atoms. The number of hydrogen-bond acceptors (Lipinski definition) is 4. The molecule has 1 fully saturated rings. The van der Waals surface area contributed by atoms with Crippen LogP contribution >= 0.6 is 15.9 Å². The van der Waals surface area contributed by atoms with E-state index in [9.17, 15) is 13.2 Å². The van der Waals surface area contributed by atoms with Gasteiger partial charge < -0.3 is 0 Å². The lowest BCUT2D eigenvalue weighted by atomic mass is 10.2. The summed E-state index contributed by atoms with van der Waals surface area (Å²) in [6.45, 7) is 1.04. The fourth-order valence-corrected chi connectivity index (χ4v) is 4.95. The standard InChI is InChI=1S/C21H22BrN3O3S/c22-19(14-17-8-3-1-4-9-17)16-23-24-21(26)18-10-7-11-20(15-18)29(27,28)25-12-5-2-6-13-25/h1,3-4,7-11,14-16H,2,5-6,12-13H2,(H,24,26)/b19-14+,23-16+. The fourth-order valence-electron chi connectivity index (χ4n) is 3.01. The summed E-state index contributed by atoms with van der Waals surface area (Å²) in [6.07, 6.45) is 6.10. The van der Waals surface area contributed by atoms with Crippen LogP contribution in [0.3, 0.4) is 0 Å². The van der Waals surface area contributed by atoms with Gasteiger partial charge in [-0.3, -0.25) is 4.79 Å². The zero-order valence-electron chi connectivity index (χ0n) is 15.8. The van der Waals surface area contributed by atoms with Gasteiger partial charge in [-0.25, -0.2) is 13.8 Å². The average molecular weight is 476 g/mol. The molecule has 1 N–H and O–H groups in total. The fraction of sp³-hybridized carbons (Fsp3) is 0.238. The number of hydrazone groups is 1. The first-order chi connectivity index (χ1) is 14.0. The maximum atomic E-state index is 12.8. The lowest BCUT2D eigenvalue weighted by Crippen LogP contribution is -2.35. The average Bonchev–Trinajstić information content (AvgIpc) is 2.75. The van der Waals surface area contributed by atoms with Gasteiger partial charge in [0.1, 0.15) is 0 Å². The lowest BCUT2D eigenvalue weighted by molar-refractivity contribution is 0.0955. The number of piperidine rings is 1. The number of rotatable bonds is 6. The Labute approximate surface area is 179 Å². The number of carbonyl (C=O) groups excluding carboxylic acids is 1. The molecule has 2 aromatic rings. The smallest absolute Gasteiger partial charge is 0.267 e. The molecule has 1 aliphatic rings. The minimum Gasteiger partial charge on any atom is -0.267 e. The molecule has 1 saturated heterocycles. The Kier molecular flexibility index (Phi) is 7.35. The van der Waals surface area contributed by atoms with Crippen molar-refractivity contribution in [3.63, 3.8) is 0 Å². The van der Waals surface area contributed by atoms with Gasteiger partial charge in [0.2, 0.25) is 10.0 Å². The predicted octanol–water partition coefficient (Wildman–Crippen LogP) is 4.01. The molecule has 1 amide bonds. The molecule has 6 nitrogen and oxygen atoms in total. The number of amides is 1. The van der Waals surface area contributed by atoms with Crippen molar-refractivity contribution in [1.29, 1.82) is 0 Å². The molecule has 0 radical (unpaired) electrons. The maximum Gasteiger partial charge on any atom is 0.271 e. The molecule has 0 aromatic heterocycles. The van der Waals surface area contributed by atoms with E-state index in [1.54, 1.807) is 12.1 Å². The molecule has 0 atom stereocenters. The molecule has 0 unspecified atom stereocenters. The summed E-state index contributed by atoms with van der Waals surface area (Å²) in [5.74, 6) is -0.475. The molecule has 152 valence electrons. The van der Waals surface area contributed by atoms with Crippen LogP contribution in [0.1, 0.15) is 35.2 Å². The Morgan fingerprint density at radius 1 is 1.03 bits per heavy atom. The highest BCUT2D eigenvalue weighted by atomic mass is 79.9. The van der Waals surface area contributed by atoms with Gasteiger partial charge in [-0.2, -0.15) is 9.41 Å². The zero-order valence-corrected chi connectivity index (χ0v) is 18.2. The Hall–Kier alpha value is -2.29. The minimum atomic E-state index is -3.59. The molecule has 0 bridgehead atoms. The van der Waals surface area contributed by atoms with Crippen molar-refractivity contribution in [2.45, 2.75) is 24.2 Å². The SMILES string of the molecule is O=C(N/N=C/C(Br)=C\c1ccccc1)c1cccc(S(=O)(=O)N2CCCCC2)c1. The molecular weight excluding hydrogens is 454 g/mol. The van der Waals surface area contributed by atoms with Gasteiger partial charge in [-0.1, -0.05) is 42.8 Å². The zero-order chi connectivity index (χ0) is 20.7. The van der Waals surface area contributed by atoms with Crippen LogP contribution in [0.4, 0.5) is 0 Å². The lowest BCUT2D eigenvalue weighted by Gasteiger charge is -2.25. The molecule has 2 aromatic carbocycles. The summed E-state index contributed by atoms with van der Waals surface area (Å²) >= 11 is 3.38. The molecule has 29 heavy (non-hydrogen) atoms. The first-order valence-electron chi connectivity index (χ1n) is 9.33. The van der Waals surface area contributed by atoms with E-state index >= 15 is 0 Å². The number of sulfonamides is 1. The first-order valence-corrected chi connectivity index (χ1v) is 11.6. The monoisotopic (exact) mass is 475 g/mol. The topological polar surface area (TPSA) is 78.8 Å². The molecule has 0 saturated carbocycles. The molecule has 8 heteroatoms. The quantitative estimate of drug-likeness (QED) is 0.506. The number of allylic oxidation sites excluding steroid dienone is 1. The maximum absolute atomic E-state index is 12.8. The normalized spacial score (nSPS) is 16.1. The molecule has 3 rings (SSSR count). The third-order valence-electron chi connectivity index (χ3n) is 4.51. The summed E-state index contributed by atoms with van der Waals surface area (Å²) in [6, 6.07) is 15.7. The number of nitrogens with zero attached hydrogens (tertiary/aromatic N) is 2. The number of hydrogen-bond donors (Lipinski definition) is 1. The predicted molar refractivity (Wildman–Crippen MR) is 118 cm³/mol. The van der Waals surface area contributed by atoms with Crippen molar-refractivity contribution in [3.05, 3.63) is 70.2 Å². The van der Waals surface area contributed by atoms with E-state index in [0.717, 1.165) is 24.8 Å². The highest BCUT2D eigenvalue weighted by Crippen LogP contribution is 2.21. The van der Waals surface area contributed by atoms with Crippen molar-refractivity contribution >= 4 is 44.2 Å². The van der Waals surface area contributed by atoms with E-state index in [-0.39, 0.29) is 10.5 Å². The summed E-state index contributed by atoms with van der Waals surface area (Å²) in [7, 11) is -3.59. The highest BCUT2D eigenvalue weighted by Gasteiger charge is 2.26. The molecule has 0 aliphatic carbocycles. The second kappa shape index (κ2) is 9.96. The number of nitrogens with one attached hydrogen (secondary N) is 1. The third-order valence-corrected chi connectivity index (χ3v) is 6.84. The summed E-state index contributed by atoms with van der Waals surface area (Å²) < 4.78 is 27.7. The highest BCUT2D eigenvalue weighted by molar-refractivity contribution is 9.12. The van der Waals surface area contributed by atoms with Crippen molar-refractivity contribution in [2.75, 3.05) is 13.1 Å². The van der Waals surface area contributed by atoms with E-state index in [4.69, 9.17) is 0 Å². The Morgan fingerprint density at radius 2 is 1.76 bits per heavy atom. The van der Waals surface area contributed by atoms with Crippen LogP contribution in [0.5, 0.6) is 0 Å². The minimum absolute atomic E-state index is 0.126. The van der Waals surface area contributed by atoms with Gasteiger partial charge in [-0.15, -0.1) is 0 Å². The van der Waals surface area contributed by atoms with Gasteiger partial charge in [0.15, 0.2) is 0 Å². The number of carbonyl (C=O) groups is 1. The Balaban J connectivity index is 1.67. The van der Waals surface area contributed by atoms with Crippen molar-refractivity contribution in [1.82, 2.24) is 9.73 Å². The molecular formula is C21H22BrN3O3S. The van der Waals surface area contributed by atoms with Crippen LogP contribution in [0, 0.1) is 0 Å². The second-order valence-electron chi connectivity index (χ2n) is 6.63. The van der Waals surface area contributed by atoms with Crippen LogP contribution < -0.4 is 5.43 Å². The van der Waals surface area contributed by atoms with Crippen LogP contribution in [0.15, 0.2) is 69.1 Å². The summed E-state index contributed by atoms with van der Waals surface area (Å²) in [4.78, 5) is 12.5. The van der Waals surface area contributed by atoms with Crippen LogP contribution in [0.25, 0.3) is 6.08 Å². The first kappa shape index (κ1) is 21.4. The van der Waals surface area contributed by atoms with E-state index in [1.807, 2.05) is 36.4 Å². The van der Waals surface area contributed by atoms with Gasteiger partial charge in [0, 0.05) is 23.1 Å². The molecule has 1 aliphatic heterocycles. The number of halogens is 1. The van der Waals surface area contributed by atoms with E-state index in [2.05, 4.69) is 26.5 Å². The largest absolute Gasteiger partial charge is 0.271 e.